The van der Waals surface area contributed by atoms with Crippen molar-refractivity contribution in [2.45, 2.75) is 18.9 Å². The van der Waals surface area contributed by atoms with Gasteiger partial charge in [0.1, 0.15) is 11.3 Å². The third-order valence-electron chi connectivity index (χ3n) is 3.72. The second-order valence-corrected chi connectivity index (χ2v) is 5.10. The quantitative estimate of drug-likeness (QED) is 0.937. The molecule has 21 heavy (non-hydrogen) atoms. The minimum absolute atomic E-state index is 0.196. The van der Waals surface area contributed by atoms with E-state index in [4.69, 9.17) is 9.84 Å². The standard InChI is InChI=1S/C16H15NO4/c18-14-5-7-17(10-13(14)16(19)20)9-11-6-8-21-15-4-2-1-3-12(11)15/h1-5,7,10-11H,6,8-9H2,(H,19,20). The molecule has 1 N–H and O–H groups in total. The zero-order chi connectivity index (χ0) is 14.8. The van der Waals surface area contributed by atoms with Gasteiger partial charge >= 0.3 is 5.97 Å². The van der Waals surface area contributed by atoms with Crippen molar-refractivity contribution in [3.8, 4) is 5.75 Å². The summed E-state index contributed by atoms with van der Waals surface area (Å²) in [7, 11) is 0. The summed E-state index contributed by atoms with van der Waals surface area (Å²) in [5.41, 5.74) is 0.461. The monoisotopic (exact) mass is 285 g/mol. The van der Waals surface area contributed by atoms with Crippen LogP contribution in [-0.2, 0) is 6.54 Å². The summed E-state index contributed by atoms with van der Waals surface area (Å²) in [6, 6.07) is 9.17. The number of hydrogen-bond donors (Lipinski definition) is 1. The Balaban J connectivity index is 1.90. The van der Waals surface area contributed by atoms with Gasteiger partial charge in [-0.25, -0.2) is 4.79 Å². The lowest BCUT2D eigenvalue weighted by atomic mass is 9.93. The molecular weight excluding hydrogens is 270 g/mol. The van der Waals surface area contributed by atoms with Crippen LogP contribution < -0.4 is 10.2 Å². The predicted octanol–water partition coefficient (Wildman–Crippen LogP) is 2.11. The number of carboxylic acids is 1. The van der Waals surface area contributed by atoms with Gasteiger partial charge in [-0.05, 0) is 18.1 Å². The largest absolute Gasteiger partial charge is 0.493 e. The van der Waals surface area contributed by atoms with Gasteiger partial charge in [-0.3, -0.25) is 4.79 Å². The molecule has 1 atom stereocenters. The Hall–Kier alpha value is -2.56. The van der Waals surface area contributed by atoms with Crippen LogP contribution in [0.4, 0.5) is 0 Å². The lowest BCUT2D eigenvalue weighted by Gasteiger charge is -2.26. The first-order valence-corrected chi connectivity index (χ1v) is 6.80. The average molecular weight is 285 g/mol. The molecule has 5 heteroatoms. The molecule has 3 rings (SSSR count). The molecule has 1 unspecified atom stereocenters. The van der Waals surface area contributed by atoms with E-state index in [1.165, 1.54) is 12.3 Å². The summed E-state index contributed by atoms with van der Waals surface area (Å²) in [6.45, 7) is 1.27. The lowest BCUT2D eigenvalue weighted by molar-refractivity contribution is 0.0694. The third-order valence-corrected chi connectivity index (χ3v) is 3.72. The lowest BCUT2D eigenvalue weighted by Crippen LogP contribution is -2.21. The van der Waals surface area contributed by atoms with Crippen molar-refractivity contribution in [3.63, 3.8) is 0 Å². The first-order valence-electron chi connectivity index (χ1n) is 6.80. The number of ether oxygens (including phenoxy) is 1. The molecule has 2 aromatic rings. The van der Waals surface area contributed by atoms with Gasteiger partial charge in [0.25, 0.3) is 0 Å². The van der Waals surface area contributed by atoms with E-state index in [9.17, 15) is 9.59 Å². The molecule has 0 saturated heterocycles. The van der Waals surface area contributed by atoms with E-state index < -0.39 is 11.4 Å². The van der Waals surface area contributed by atoms with E-state index in [2.05, 4.69) is 0 Å². The number of pyridine rings is 1. The highest BCUT2D eigenvalue weighted by Gasteiger charge is 2.21. The summed E-state index contributed by atoms with van der Waals surface area (Å²) in [5.74, 6) is -0.0610. The van der Waals surface area contributed by atoms with E-state index in [1.807, 2.05) is 24.3 Å². The Morgan fingerprint density at radius 3 is 2.95 bits per heavy atom. The SMILES string of the molecule is O=C(O)c1cn(CC2CCOc3ccccc32)ccc1=O. The molecular formula is C16H15NO4. The van der Waals surface area contributed by atoms with Crippen LogP contribution in [-0.4, -0.2) is 22.2 Å². The third kappa shape index (κ3) is 2.67. The number of rotatable bonds is 3. The number of aromatic carboxylic acids is 1. The van der Waals surface area contributed by atoms with Gasteiger partial charge in [-0.15, -0.1) is 0 Å². The minimum atomic E-state index is -1.19. The smallest absolute Gasteiger partial charge is 0.341 e. The highest BCUT2D eigenvalue weighted by atomic mass is 16.5. The van der Waals surface area contributed by atoms with Crippen LogP contribution >= 0.6 is 0 Å². The van der Waals surface area contributed by atoms with E-state index >= 15 is 0 Å². The molecule has 0 amide bonds. The van der Waals surface area contributed by atoms with E-state index in [0.717, 1.165) is 17.7 Å². The van der Waals surface area contributed by atoms with Gasteiger partial charge in [0.2, 0.25) is 0 Å². The highest BCUT2D eigenvalue weighted by molar-refractivity contribution is 5.86. The minimum Gasteiger partial charge on any atom is -0.493 e. The predicted molar refractivity (Wildman–Crippen MR) is 77.0 cm³/mol. The average Bonchev–Trinajstić information content (AvgIpc) is 2.49. The molecule has 0 spiro atoms. The second kappa shape index (κ2) is 5.44. The Labute approximate surface area is 121 Å². The molecule has 5 nitrogen and oxygen atoms in total. The van der Waals surface area contributed by atoms with Gasteiger partial charge in [0.15, 0.2) is 5.43 Å². The Bertz CT molecular complexity index is 735. The summed E-state index contributed by atoms with van der Waals surface area (Å²) < 4.78 is 7.38. The Morgan fingerprint density at radius 1 is 1.33 bits per heavy atom. The zero-order valence-electron chi connectivity index (χ0n) is 11.4. The van der Waals surface area contributed by atoms with E-state index in [1.54, 1.807) is 10.8 Å². The van der Waals surface area contributed by atoms with Crippen LogP contribution in [0.1, 0.15) is 28.3 Å². The zero-order valence-corrected chi connectivity index (χ0v) is 11.4. The number of nitrogens with zero attached hydrogens (tertiary/aromatic N) is 1. The van der Waals surface area contributed by atoms with E-state index in [-0.39, 0.29) is 11.5 Å². The van der Waals surface area contributed by atoms with Gasteiger partial charge in [-0.2, -0.15) is 0 Å². The fraction of sp³-hybridized carbons (Fsp3) is 0.250. The molecule has 1 aromatic carbocycles. The van der Waals surface area contributed by atoms with Gasteiger partial charge in [0.05, 0.1) is 6.61 Å². The highest BCUT2D eigenvalue weighted by Crippen LogP contribution is 2.34. The molecule has 0 radical (unpaired) electrons. The molecule has 0 bridgehead atoms. The van der Waals surface area contributed by atoms with Crippen LogP contribution in [0.15, 0.2) is 47.5 Å². The summed E-state index contributed by atoms with van der Waals surface area (Å²) in [6.07, 6.45) is 3.90. The first-order chi connectivity index (χ1) is 10.1. The maximum atomic E-state index is 11.5. The maximum Gasteiger partial charge on any atom is 0.341 e. The van der Waals surface area contributed by atoms with Crippen molar-refractivity contribution < 1.29 is 14.6 Å². The van der Waals surface area contributed by atoms with Crippen molar-refractivity contribution in [3.05, 3.63) is 64.1 Å². The molecule has 1 aliphatic rings. The van der Waals surface area contributed by atoms with Gasteiger partial charge in [-0.1, -0.05) is 18.2 Å². The van der Waals surface area contributed by atoms with Crippen molar-refractivity contribution in [2.24, 2.45) is 0 Å². The second-order valence-electron chi connectivity index (χ2n) is 5.10. The number of fused-ring (bicyclic) bond motifs is 1. The summed E-state index contributed by atoms with van der Waals surface area (Å²) >= 11 is 0. The molecule has 1 aromatic heterocycles. The van der Waals surface area contributed by atoms with Gasteiger partial charge < -0.3 is 14.4 Å². The fourth-order valence-corrected chi connectivity index (χ4v) is 2.66. The fourth-order valence-electron chi connectivity index (χ4n) is 2.66. The van der Waals surface area contributed by atoms with Crippen LogP contribution in [0.3, 0.4) is 0 Å². The number of aromatic nitrogens is 1. The van der Waals surface area contributed by atoms with Crippen molar-refractivity contribution in [1.82, 2.24) is 4.57 Å². The number of carbonyl (C=O) groups is 1. The van der Waals surface area contributed by atoms with Crippen LogP contribution in [0, 0.1) is 0 Å². The topological polar surface area (TPSA) is 68.5 Å². The Kier molecular flexibility index (Phi) is 3.48. The first kappa shape index (κ1) is 13.4. The van der Waals surface area contributed by atoms with Gasteiger partial charge in [0, 0.05) is 30.9 Å². The number of carboxylic acid groups (broad SMARTS) is 1. The van der Waals surface area contributed by atoms with Crippen LogP contribution in [0.2, 0.25) is 0 Å². The number of para-hydroxylation sites is 1. The van der Waals surface area contributed by atoms with Crippen LogP contribution in [0.5, 0.6) is 5.75 Å². The molecule has 0 fully saturated rings. The molecule has 0 aliphatic carbocycles. The normalized spacial score (nSPS) is 16.9. The molecule has 108 valence electrons. The van der Waals surface area contributed by atoms with Crippen LogP contribution in [0.25, 0.3) is 0 Å². The molecule has 1 aliphatic heterocycles. The Morgan fingerprint density at radius 2 is 2.14 bits per heavy atom. The van der Waals surface area contributed by atoms with Crippen molar-refractivity contribution >= 4 is 5.97 Å². The molecule has 0 saturated carbocycles. The number of benzene rings is 1. The van der Waals surface area contributed by atoms with Crippen molar-refractivity contribution in [1.29, 1.82) is 0 Å². The summed E-state index contributed by atoms with van der Waals surface area (Å²) in [4.78, 5) is 22.5. The molecule has 2 heterocycles. The maximum absolute atomic E-state index is 11.5. The van der Waals surface area contributed by atoms with Crippen molar-refractivity contribution in [2.75, 3.05) is 6.61 Å². The van der Waals surface area contributed by atoms with E-state index in [0.29, 0.717) is 13.2 Å². The summed E-state index contributed by atoms with van der Waals surface area (Å²) in [5, 5.41) is 9.02. The number of hydrogen-bond acceptors (Lipinski definition) is 3.